The lowest BCUT2D eigenvalue weighted by molar-refractivity contribution is -0.130. The highest BCUT2D eigenvalue weighted by Gasteiger charge is 2.29. The standard InChI is InChI=1S/C21H21N5O3S/c27-19(13-30(28,29)16-6-2-1-3-7-16)25-10-4-5-15(12-25)26-14-24-18-11-23-21-17(20(18)26)8-9-22-21/h1-3,6-9,11,14-15H,4-5,10,12-13H2,(H,22,23). The van der Waals surface area contributed by atoms with E-state index in [1.54, 1.807) is 35.6 Å². The first kappa shape index (κ1) is 18.8. The van der Waals surface area contributed by atoms with Crippen molar-refractivity contribution in [3.63, 3.8) is 0 Å². The maximum Gasteiger partial charge on any atom is 0.238 e. The van der Waals surface area contributed by atoms with Gasteiger partial charge in [-0.1, -0.05) is 18.2 Å². The number of piperidine rings is 1. The number of benzene rings is 1. The fourth-order valence-electron chi connectivity index (χ4n) is 4.18. The van der Waals surface area contributed by atoms with Crippen LogP contribution in [-0.2, 0) is 14.6 Å². The van der Waals surface area contributed by atoms with Crippen LogP contribution in [0.5, 0.6) is 0 Å². The lowest BCUT2D eigenvalue weighted by Gasteiger charge is -2.33. The average molecular weight is 423 g/mol. The predicted molar refractivity (Wildman–Crippen MR) is 113 cm³/mol. The van der Waals surface area contributed by atoms with Crippen LogP contribution in [-0.4, -0.2) is 57.6 Å². The number of aromatic nitrogens is 4. The second kappa shape index (κ2) is 7.24. The first-order valence-corrected chi connectivity index (χ1v) is 11.5. The zero-order valence-corrected chi connectivity index (χ0v) is 17.0. The summed E-state index contributed by atoms with van der Waals surface area (Å²) in [5.74, 6) is -0.873. The number of likely N-dealkylation sites (tertiary alicyclic amines) is 1. The minimum atomic E-state index is -3.66. The third kappa shape index (κ3) is 3.24. The van der Waals surface area contributed by atoms with Gasteiger partial charge in [-0.15, -0.1) is 0 Å². The van der Waals surface area contributed by atoms with Gasteiger partial charge in [-0.3, -0.25) is 4.79 Å². The van der Waals surface area contributed by atoms with Gasteiger partial charge in [0.25, 0.3) is 0 Å². The molecule has 1 aliphatic rings. The van der Waals surface area contributed by atoms with E-state index in [1.807, 2.05) is 12.3 Å². The number of sulfone groups is 1. The molecule has 0 saturated carbocycles. The Balaban J connectivity index is 1.40. The van der Waals surface area contributed by atoms with Crippen LogP contribution >= 0.6 is 0 Å². The lowest BCUT2D eigenvalue weighted by Crippen LogP contribution is -2.43. The molecule has 30 heavy (non-hydrogen) atoms. The van der Waals surface area contributed by atoms with Crippen LogP contribution in [0.3, 0.4) is 0 Å². The molecule has 1 N–H and O–H groups in total. The summed E-state index contributed by atoms with van der Waals surface area (Å²) in [4.78, 5) is 26.7. The lowest BCUT2D eigenvalue weighted by atomic mass is 10.1. The van der Waals surface area contributed by atoms with Crippen molar-refractivity contribution in [1.29, 1.82) is 0 Å². The molecule has 1 amide bonds. The molecule has 1 saturated heterocycles. The highest BCUT2D eigenvalue weighted by molar-refractivity contribution is 7.92. The van der Waals surface area contributed by atoms with Gasteiger partial charge in [0.1, 0.15) is 16.9 Å². The topological polar surface area (TPSA) is 101 Å². The summed E-state index contributed by atoms with van der Waals surface area (Å²) in [5, 5.41) is 0.986. The van der Waals surface area contributed by atoms with Crippen molar-refractivity contribution in [1.82, 2.24) is 24.4 Å². The molecule has 4 heterocycles. The number of H-pyrrole nitrogens is 1. The van der Waals surface area contributed by atoms with Crippen molar-refractivity contribution in [3.8, 4) is 0 Å². The molecule has 8 nitrogen and oxygen atoms in total. The van der Waals surface area contributed by atoms with Gasteiger partial charge in [0.15, 0.2) is 9.84 Å². The van der Waals surface area contributed by atoms with Crippen LogP contribution < -0.4 is 0 Å². The molecule has 1 fully saturated rings. The SMILES string of the molecule is O=C(CS(=O)(=O)c1ccccc1)N1CCCC(n2cnc3cnc4[nH]ccc4c32)C1. The van der Waals surface area contributed by atoms with Gasteiger partial charge in [0, 0.05) is 24.7 Å². The van der Waals surface area contributed by atoms with Gasteiger partial charge in [0.2, 0.25) is 5.91 Å². The van der Waals surface area contributed by atoms with E-state index in [0.717, 1.165) is 34.9 Å². The molecule has 1 aliphatic heterocycles. The number of pyridine rings is 1. The second-order valence-electron chi connectivity index (χ2n) is 7.59. The molecule has 3 aromatic heterocycles. The number of hydrogen-bond donors (Lipinski definition) is 1. The molecule has 9 heteroatoms. The first-order chi connectivity index (χ1) is 14.5. The molecule has 4 aromatic rings. The Labute approximate surface area is 173 Å². The summed E-state index contributed by atoms with van der Waals surface area (Å²) < 4.78 is 27.3. The van der Waals surface area contributed by atoms with E-state index in [2.05, 4.69) is 19.5 Å². The Hall–Kier alpha value is -3.20. The molecule has 1 aromatic carbocycles. The normalized spacial score (nSPS) is 17.6. The highest BCUT2D eigenvalue weighted by atomic mass is 32.2. The molecule has 0 spiro atoms. The molecule has 0 radical (unpaired) electrons. The van der Waals surface area contributed by atoms with E-state index < -0.39 is 15.6 Å². The predicted octanol–water partition coefficient (Wildman–Crippen LogP) is 2.55. The van der Waals surface area contributed by atoms with Crippen LogP contribution in [0.2, 0.25) is 0 Å². The number of carbonyl (C=O) groups excluding carboxylic acids is 1. The fraction of sp³-hybridized carbons (Fsp3) is 0.286. The summed E-state index contributed by atoms with van der Waals surface area (Å²) >= 11 is 0. The van der Waals surface area contributed by atoms with E-state index >= 15 is 0 Å². The summed E-state index contributed by atoms with van der Waals surface area (Å²) in [7, 11) is -3.66. The monoisotopic (exact) mass is 423 g/mol. The van der Waals surface area contributed by atoms with Gasteiger partial charge in [0.05, 0.1) is 29.0 Å². The Morgan fingerprint density at radius 2 is 2.00 bits per heavy atom. The third-order valence-corrected chi connectivity index (χ3v) is 7.29. The molecule has 1 unspecified atom stereocenters. The Bertz CT molecular complexity index is 1330. The number of nitrogens with one attached hydrogen (secondary N) is 1. The summed E-state index contributed by atoms with van der Waals surface area (Å²) in [6.45, 7) is 1.02. The van der Waals surface area contributed by atoms with Gasteiger partial charge >= 0.3 is 0 Å². The van der Waals surface area contributed by atoms with Crippen molar-refractivity contribution >= 4 is 37.8 Å². The summed E-state index contributed by atoms with van der Waals surface area (Å²) in [6, 6.07) is 10.1. The molecule has 154 valence electrons. The van der Waals surface area contributed by atoms with E-state index in [0.29, 0.717) is 13.1 Å². The van der Waals surface area contributed by atoms with Gasteiger partial charge in [-0.2, -0.15) is 0 Å². The van der Waals surface area contributed by atoms with Crippen molar-refractivity contribution in [2.75, 3.05) is 18.8 Å². The van der Waals surface area contributed by atoms with Crippen molar-refractivity contribution in [2.45, 2.75) is 23.8 Å². The van der Waals surface area contributed by atoms with Crippen molar-refractivity contribution in [3.05, 3.63) is 55.1 Å². The van der Waals surface area contributed by atoms with Crippen LogP contribution in [0.1, 0.15) is 18.9 Å². The molecule has 0 aliphatic carbocycles. The minimum absolute atomic E-state index is 0.0348. The third-order valence-electron chi connectivity index (χ3n) is 5.68. The van der Waals surface area contributed by atoms with E-state index in [-0.39, 0.29) is 16.8 Å². The number of imidazole rings is 1. The summed E-state index contributed by atoms with van der Waals surface area (Å²) in [6.07, 6.45) is 7.08. The Morgan fingerprint density at radius 3 is 2.83 bits per heavy atom. The molecule has 1 atom stereocenters. The highest BCUT2D eigenvalue weighted by Crippen LogP contribution is 2.29. The number of fused-ring (bicyclic) bond motifs is 3. The smallest absolute Gasteiger partial charge is 0.238 e. The van der Waals surface area contributed by atoms with Gasteiger partial charge in [-0.05, 0) is 31.0 Å². The number of carbonyl (C=O) groups is 1. The van der Waals surface area contributed by atoms with Crippen LogP contribution in [0.4, 0.5) is 0 Å². The van der Waals surface area contributed by atoms with E-state index in [9.17, 15) is 13.2 Å². The molecule has 0 bridgehead atoms. The fourth-order valence-corrected chi connectivity index (χ4v) is 5.43. The molecular weight excluding hydrogens is 402 g/mol. The van der Waals surface area contributed by atoms with Gasteiger partial charge in [-0.25, -0.2) is 18.4 Å². The second-order valence-corrected chi connectivity index (χ2v) is 9.58. The van der Waals surface area contributed by atoms with Crippen molar-refractivity contribution < 1.29 is 13.2 Å². The van der Waals surface area contributed by atoms with Crippen LogP contribution in [0.15, 0.2) is 60.0 Å². The Morgan fingerprint density at radius 1 is 1.17 bits per heavy atom. The zero-order chi connectivity index (χ0) is 20.7. The number of amides is 1. The Kier molecular flexibility index (Phi) is 4.54. The minimum Gasteiger partial charge on any atom is -0.346 e. The largest absolute Gasteiger partial charge is 0.346 e. The van der Waals surface area contributed by atoms with Crippen LogP contribution in [0, 0.1) is 0 Å². The quantitative estimate of drug-likeness (QED) is 0.544. The average Bonchev–Trinajstić information content (AvgIpc) is 3.40. The number of rotatable bonds is 4. The first-order valence-electron chi connectivity index (χ1n) is 9.87. The maximum atomic E-state index is 12.8. The zero-order valence-electron chi connectivity index (χ0n) is 16.2. The molecular formula is C21H21N5O3S. The van der Waals surface area contributed by atoms with Gasteiger partial charge < -0.3 is 14.5 Å². The van der Waals surface area contributed by atoms with Crippen LogP contribution in [0.25, 0.3) is 22.1 Å². The van der Waals surface area contributed by atoms with Crippen molar-refractivity contribution in [2.24, 2.45) is 0 Å². The van der Waals surface area contributed by atoms with E-state index in [1.165, 1.54) is 12.1 Å². The maximum absolute atomic E-state index is 12.8. The number of nitrogens with zero attached hydrogens (tertiary/aromatic N) is 4. The number of hydrogen-bond acceptors (Lipinski definition) is 5. The summed E-state index contributed by atoms with van der Waals surface area (Å²) in [5.41, 5.74) is 2.58. The molecule has 5 rings (SSSR count). The van der Waals surface area contributed by atoms with E-state index in [4.69, 9.17) is 0 Å². The number of aromatic amines is 1.